The van der Waals surface area contributed by atoms with E-state index in [2.05, 4.69) is 20.5 Å². The molecule has 24 heavy (non-hydrogen) atoms. The van der Waals surface area contributed by atoms with Gasteiger partial charge in [-0.15, -0.1) is 16.4 Å². The van der Waals surface area contributed by atoms with Gasteiger partial charge >= 0.3 is 6.01 Å². The van der Waals surface area contributed by atoms with Gasteiger partial charge in [-0.05, 0) is 25.1 Å². The zero-order chi connectivity index (χ0) is 17.1. The number of amides is 1. The number of hydrogen-bond donors (Lipinski definition) is 1. The number of benzene rings is 1. The lowest BCUT2D eigenvalue weighted by atomic mass is 10.2. The van der Waals surface area contributed by atoms with E-state index in [-0.39, 0.29) is 11.9 Å². The molecule has 0 fully saturated rings. The third-order valence-electron chi connectivity index (χ3n) is 3.13. The molecular formula is C15H14N4O4S. The van der Waals surface area contributed by atoms with Crippen LogP contribution in [0.4, 0.5) is 6.01 Å². The number of ether oxygens (including phenoxy) is 2. The molecular weight excluding hydrogens is 332 g/mol. The van der Waals surface area contributed by atoms with Gasteiger partial charge in [-0.1, -0.05) is 5.10 Å². The molecule has 0 atom stereocenters. The van der Waals surface area contributed by atoms with Crippen LogP contribution in [0.1, 0.15) is 15.4 Å². The first kappa shape index (κ1) is 15.9. The smallest absolute Gasteiger partial charge is 0.322 e. The zero-order valence-electron chi connectivity index (χ0n) is 13.2. The third-order valence-corrected chi connectivity index (χ3v) is 3.90. The van der Waals surface area contributed by atoms with Crippen LogP contribution in [0.5, 0.6) is 11.5 Å². The van der Waals surface area contributed by atoms with Gasteiger partial charge in [-0.25, -0.2) is 4.98 Å². The average Bonchev–Trinajstić information content (AvgIpc) is 3.23. The third kappa shape index (κ3) is 3.20. The number of thiazole rings is 1. The molecule has 8 nitrogen and oxygen atoms in total. The molecule has 1 aromatic carbocycles. The van der Waals surface area contributed by atoms with Crippen LogP contribution in [0.2, 0.25) is 0 Å². The second kappa shape index (κ2) is 6.67. The highest BCUT2D eigenvalue weighted by Gasteiger charge is 2.16. The van der Waals surface area contributed by atoms with Crippen molar-refractivity contribution in [1.82, 2.24) is 15.2 Å². The van der Waals surface area contributed by atoms with Crippen molar-refractivity contribution < 1.29 is 18.7 Å². The fourth-order valence-electron chi connectivity index (χ4n) is 1.99. The van der Waals surface area contributed by atoms with Crippen molar-refractivity contribution in [2.75, 3.05) is 19.5 Å². The van der Waals surface area contributed by atoms with Crippen LogP contribution in [-0.4, -0.2) is 35.3 Å². The van der Waals surface area contributed by atoms with Crippen LogP contribution in [0, 0.1) is 6.92 Å². The molecule has 0 saturated heterocycles. The number of rotatable bonds is 5. The number of methoxy groups -OCH3 is 2. The van der Waals surface area contributed by atoms with Crippen molar-refractivity contribution in [2.45, 2.75) is 6.92 Å². The minimum absolute atomic E-state index is 0.00422. The monoisotopic (exact) mass is 346 g/mol. The Kier molecular flexibility index (Phi) is 4.43. The SMILES string of the molecule is COc1ccc(C(=O)Nc2nnc(-c3csc(C)n3)o2)cc1OC. The van der Waals surface area contributed by atoms with E-state index in [1.54, 1.807) is 18.2 Å². The fourth-order valence-corrected chi connectivity index (χ4v) is 2.57. The molecule has 124 valence electrons. The predicted octanol–water partition coefficient (Wildman–Crippen LogP) is 2.77. The number of carbonyl (C=O) groups excluding carboxylic acids is 1. The number of anilines is 1. The topological polar surface area (TPSA) is 99.4 Å². The van der Waals surface area contributed by atoms with Gasteiger partial charge in [0.1, 0.15) is 5.69 Å². The lowest BCUT2D eigenvalue weighted by molar-refractivity contribution is 0.102. The summed E-state index contributed by atoms with van der Waals surface area (Å²) in [6.45, 7) is 1.88. The van der Waals surface area contributed by atoms with Gasteiger partial charge in [-0.2, -0.15) is 0 Å². The summed E-state index contributed by atoms with van der Waals surface area (Å²) in [6, 6.07) is 4.81. The normalized spacial score (nSPS) is 10.5. The Morgan fingerprint density at radius 1 is 1.21 bits per heavy atom. The van der Waals surface area contributed by atoms with Crippen molar-refractivity contribution in [1.29, 1.82) is 0 Å². The second-order valence-corrected chi connectivity index (χ2v) is 5.75. The van der Waals surface area contributed by atoms with E-state index in [0.29, 0.717) is 22.8 Å². The zero-order valence-corrected chi connectivity index (χ0v) is 14.0. The second-order valence-electron chi connectivity index (χ2n) is 4.69. The van der Waals surface area contributed by atoms with E-state index >= 15 is 0 Å². The Bertz CT molecular complexity index is 874. The highest BCUT2D eigenvalue weighted by atomic mass is 32.1. The Hall–Kier alpha value is -2.94. The van der Waals surface area contributed by atoms with Gasteiger partial charge in [0.15, 0.2) is 11.5 Å². The Balaban J connectivity index is 1.77. The Morgan fingerprint density at radius 3 is 2.67 bits per heavy atom. The summed E-state index contributed by atoms with van der Waals surface area (Å²) in [5, 5.41) is 12.9. The number of nitrogens with one attached hydrogen (secondary N) is 1. The summed E-state index contributed by atoms with van der Waals surface area (Å²) in [7, 11) is 3.03. The molecule has 9 heteroatoms. The van der Waals surface area contributed by atoms with E-state index in [1.165, 1.54) is 25.6 Å². The molecule has 0 aliphatic heterocycles. The van der Waals surface area contributed by atoms with Crippen molar-refractivity contribution in [2.24, 2.45) is 0 Å². The summed E-state index contributed by atoms with van der Waals surface area (Å²) in [4.78, 5) is 16.5. The van der Waals surface area contributed by atoms with E-state index in [4.69, 9.17) is 13.9 Å². The predicted molar refractivity (Wildman–Crippen MR) is 87.6 cm³/mol. The number of aromatic nitrogens is 3. The van der Waals surface area contributed by atoms with Crippen molar-refractivity contribution in [3.8, 4) is 23.1 Å². The van der Waals surface area contributed by atoms with Crippen LogP contribution in [0.3, 0.4) is 0 Å². The van der Waals surface area contributed by atoms with Crippen molar-refractivity contribution >= 4 is 23.3 Å². The van der Waals surface area contributed by atoms with Crippen LogP contribution < -0.4 is 14.8 Å². The molecule has 0 aliphatic carbocycles. The molecule has 2 aromatic heterocycles. The van der Waals surface area contributed by atoms with Gasteiger partial charge in [0.25, 0.3) is 11.8 Å². The lowest BCUT2D eigenvalue weighted by Gasteiger charge is -2.08. The van der Waals surface area contributed by atoms with Gasteiger partial charge in [0, 0.05) is 10.9 Å². The largest absolute Gasteiger partial charge is 0.493 e. The van der Waals surface area contributed by atoms with E-state index < -0.39 is 5.91 Å². The minimum Gasteiger partial charge on any atom is -0.493 e. The first-order valence-electron chi connectivity index (χ1n) is 6.90. The molecule has 0 bridgehead atoms. The maximum absolute atomic E-state index is 12.3. The summed E-state index contributed by atoms with van der Waals surface area (Å²) < 4.78 is 15.7. The first-order valence-corrected chi connectivity index (χ1v) is 7.78. The Morgan fingerprint density at radius 2 is 2.00 bits per heavy atom. The molecule has 3 rings (SSSR count). The number of aryl methyl sites for hydroxylation is 1. The van der Waals surface area contributed by atoms with Gasteiger partial charge < -0.3 is 13.9 Å². The molecule has 3 aromatic rings. The van der Waals surface area contributed by atoms with Crippen molar-refractivity contribution in [3.63, 3.8) is 0 Å². The van der Waals surface area contributed by atoms with Gasteiger partial charge in [0.05, 0.1) is 19.2 Å². The average molecular weight is 346 g/mol. The minimum atomic E-state index is -0.402. The van der Waals surface area contributed by atoms with Gasteiger partial charge in [0.2, 0.25) is 0 Å². The number of hydrogen-bond acceptors (Lipinski definition) is 8. The highest BCUT2D eigenvalue weighted by Crippen LogP contribution is 2.28. The summed E-state index contributed by atoms with van der Waals surface area (Å²) in [5.74, 6) is 0.838. The standard InChI is InChI=1S/C15H14N4O4S/c1-8-16-10(7-24-8)14-18-19-15(23-14)17-13(20)9-4-5-11(21-2)12(6-9)22-3/h4-7H,1-3H3,(H,17,19,20). The van der Waals surface area contributed by atoms with Crippen LogP contribution >= 0.6 is 11.3 Å². The molecule has 0 unspecified atom stereocenters. The van der Waals surface area contributed by atoms with Gasteiger partial charge in [-0.3, -0.25) is 10.1 Å². The highest BCUT2D eigenvalue weighted by molar-refractivity contribution is 7.09. The lowest BCUT2D eigenvalue weighted by Crippen LogP contribution is -2.12. The molecule has 1 amide bonds. The summed E-state index contributed by atoms with van der Waals surface area (Å²) in [6.07, 6.45) is 0. The molecule has 0 aliphatic rings. The van der Waals surface area contributed by atoms with E-state index in [1.807, 2.05) is 12.3 Å². The first-order chi connectivity index (χ1) is 11.6. The van der Waals surface area contributed by atoms with Crippen LogP contribution in [0.15, 0.2) is 28.0 Å². The van der Waals surface area contributed by atoms with Crippen LogP contribution in [0.25, 0.3) is 11.6 Å². The molecule has 0 spiro atoms. The quantitative estimate of drug-likeness (QED) is 0.758. The van der Waals surface area contributed by atoms with E-state index in [9.17, 15) is 4.79 Å². The molecule has 2 heterocycles. The Labute approximate surface area is 141 Å². The summed E-state index contributed by atoms with van der Waals surface area (Å²) in [5.41, 5.74) is 0.952. The van der Waals surface area contributed by atoms with Crippen LogP contribution in [-0.2, 0) is 0 Å². The maximum atomic E-state index is 12.3. The van der Waals surface area contributed by atoms with Crippen molar-refractivity contribution in [3.05, 3.63) is 34.2 Å². The number of nitrogens with zero attached hydrogens (tertiary/aromatic N) is 3. The summed E-state index contributed by atoms with van der Waals surface area (Å²) >= 11 is 1.47. The molecule has 1 N–H and O–H groups in total. The van der Waals surface area contributed by atoms with E-state index in [0.717, 1.165) is 5.01 Å². The molecule has 0 radical (unpaired) electrons. The maximum Gasteiger partial charge on any atom is 0.322 e. The fraction of sp³-hybridized carbons (Fsp3) is 0.200. The molecule has 0 saturated carbocycles. The number of carbonyl (C=O) groups is 1.